The van der Waals surface area contributed by atoms with E-state index in [1.165, 1.54) is 6.07 Å². The van der Waals surface area contributed by atoms with E-state index in [0.717, 1.165) is 11.1 Å². The highest BCUT2D eigenvalue weighted by molar-refractivity contribution is 5.84. The number of benzene rings is 1. The van der Waals surface area contributed by atoms with Crippen LogP contribution in [0.2, 0.25) is 0 Å². The van der Waals surface area contributed by atoms with Crippen molar-refractivity contribution in [1.29, 1.82) is 0 Å². The summed E-state index contributed by atoms with van der Waals surface area (Å²) in [6, 6.07) is 7.13. The third-order valence-electron chi connectivity index (χ3n) is 2.88. The maximum Gasteiger partial charge on any atom is 0.336 e. The molecule has 0 fully saturated rings. The van der Waals surface area contributed by atoms with Gasteiger partial charge in [0.15, 0.2) is 0 Å². The molecule has 2 aromatic rings. The summed E-state index contributed by atoms with van der Waals surface area (Å²) in [4.78, 5) is 13.5. The molecule has 0 N–H and O–H groups in total. The van der Waals surface area contributed by atoms with Crippen molar-refractivity contribution < 1.29 is 4.42 Å². The number of anilines is 1. The van der Waals surface area contributed by atoms with Gasteiger partial charge in [-0.3, -0.25) is 0 Å². The van der Waals surface area contributed by atoms with E-state index in [1.54, 1.807) is 0 Å². The Bertz CT molecular complexity index is 660. The van der Waals surface area contributed by atoms with Crippen LogP contribution in [0.3, 0.4) is 0 Å². The van der Waals surface area contributed by atoms with Crippen LogP contribution in [-0.4, -0.2) is 13.1 Å². The summed E-state index contributed by atoms with van der Waals surface area (Å²) >= 11 is 0. The van der Waals surface area contributed by atoms with Crippen LogP contribution in [-0.2, 0) is 0 Å². The van der Waals surface area contributed by atoms with E-state index in [-0.39, 0.29) is 5.63 Å². The normalized spacial score (nSPS) is 10.4. The van der Waals surface area contributed by atoms with Gasteiger partial charge in [-0.1, -0.05) is 12.2 Å². The second-order valence-corrected chi connectivity index (χ2v) is 4.25. The average molecular weight is 254 g/mol. The molecule has 97 valence electrons. The molecule has 0 unspecified atom stereocenters. The highest BCUT2D eigenvalue weighted by Crippen LogP contribution is 2.23. The first kappa shape index (κ1) is 13.1. The van der Waals surface area contributed by atoms with Crippen LogP contribution < -0.4 is 10.5 Å². The predicted octanol–water partition coefficient (Wildman–Crippen LogP) is 3.15. The van der Waals surface area contributed by atoms with Crippen molar-refractivity contribution >= 4 is 16.7 Å². The Labute approximate surface area is 112 Å². The van der Waals surface area contributed by atoms with Gasteiger partial charge in [0, 0.05) is 36.3 Å². The van der Waals surface area contributed by atoms with E-state index in [4.69, 9.17) is 4.42 Å². The quantitative estimate of drug-likeness (QED) is 0.607. The number of nitrogens with zero attached hydrogens (tertiary/aromatic N) is 1. The Hall–Kier alpha value is -2.29. The van der Waals surface area contributed by atoms with Crippen LogP contribution in [0.4, 0.5) is 5.69 Å². The second-order valence-electron chi connectivity index (χ2n) is 4.25. The Morgan fingerprint density at radius 1 is 1.16 bits per heavy atom. The fraction of sp³-hybridized carbons (Fsp3) is 0.125. The van der Waals surface area contributed by atoms with Crippen molar-refractivity contribution in [1.82, 2.24) is 0 Å². The van der Waals surface area contributed by atoms with Gasteiger partial charge in [0.1, 0.15) is 5.58 Å². The second kappa shape index (κ2) is 5.57. The Kier molecular flexibility index (Phi) is 3.85. The third kappa shape index (κ3) is 2.76. The summed E-state index contributed by atoms with van der Waals surface area (Å²) in [5.41, 5.74) is 1.81. The van der Waals surface area contributed by atoms with Gasteiger partial charge in [-0.25, -0.2) is 4.79 Å². The SMILES string of the molecule is [CH2]c1cc(=O)oc2cc(N(CC=C)CC=C)ccc12. The summed E-state index contributed by atoms with van der Waals surface area (Å²) in [5.74, 6) is 0. The van der Waals surface area contributed by atoms with Crippen LogP contribution >= 0.6 is 0 Å². The van der Waals surface area contributed by atoms with Gasteiger partial charge < -0.3 is 9.32 Å². The minimum absolute atomic E-state index is 0.381. The van der Waals surface area contributed by atoms with E-state index >= 15 is 0 Å². The first-order valence-corrected chi connectivity index (χ1v) is 6.02. The lowest BCUT2D eigenvalue weighted by Gasteiger charge is -2.21. The Morgan fingerprint density at radius 3 is 2.47 bits per heavy atom. The molecule has 0 bridgehead atoms. The van der Waals surface area contributed by atoms with Crippen molar-refractivity contribution in [3.63, 3.8) is 0 Å². The molecule has 1 heterocycles. The Morgan fingerprint density at radius 2 is 1.84 bits per heavy atom. The van der Waals surface area contributed by atoms with Gasteiger partial charge in [0.25, 0.3) is 0 Å². The lowest BCUT2D eigenvalue weighted by molar-refractivity contribution is 0.560. The first-order valence-electron chi connectivity index (χ1n) is 6.02. The fourth-order valence-electron chi connectivity index (χ4n) is 2.01. The van der Waals surface area contributed by atoms with Crippen molar-refractivity contribution in [2.45, 2.75) is 0 Å². The lowest BCUT2D eigenvalue weighted by Crippen LogP contribution is -2.22. The number of hydrogen-bond acceptors (Lipinski definition) is 3. The zero-order valence-corrected chi connectivity index (χ0v) is 10.8. The summed E-state index contributed by atoms with van der Waals surface area (Å²) < 4.78 is 5.22. The molecule has 1 aromatic carbocycles. The number of rotatable bonds is 5. The van der Waals surface area contributed by atoms with Crippen molar-refractivity contribution in [2.75, 3.05) is 18.0 Å². The molecule has 19 heavy (non-hydrogen) atoms. The fourth-order valence-corrected chi connectivity index (χ4v) is 2.01. The predicted molar refractivity (Wildman–Crippen MR) is 79.6 cm³/mol. The van der Waals surface area contributed by atoms with Crippen LogP contribution in [0.1, 0.15) is 5.56 Å². The van der Waals surface area contributed by atoms with Gasteiger partial charge in [0.2, 0.25) is 0 Å². The van der Waals surface area contributed by atoms with Gasteiger partial charge >= 0.3 is 5.63 Å². The molecule has 0 saturated carbocycles. The molecule has 0 saturated heterocycles. The number of hydrogen-bond donors (Lipinski definition) is 0. The molecule has 3 nitrogen and oxygen atoms in total. The molecular weight excluding hydrogens is 238 g/mol. The maximum atomic E-state index is 11.4. The van der Waals surface area contributed by atoms with Gasteiger partial charge in [0.05, 0.1) is 0 Å². The smallest absolute Gasteiger partial charge is 0.336 e. The van der Waals surface area contributed by atoms with Crippen LogP contribution in [0.15, 0.2) is 58.8 Å². The van der Waals surface area contributed by atoms with E-state index < -0.39 is 0 Å². The summed E-state index contributed by atoms with van der Waals surface area (Å²) in [7, 11) is 0. The Balaban J connectivity index is 2.53. The monoisotopic (exact) mass is 254 g/mol. The standard InChI is InChI=1S/C16H16NO2/c1-4-8-17(9-5-2)13-6-7-14-12(3)10-16(18)19-15(14)11-13/h4-7,10-11H,1-3,8-9H2. The van der Waals surface area contributed by atoms with Crippen LogP contribution in [0, 0.1) is 6.92 Å². The van der Waals surface area contributed by atoms with Gasteiger partial charge in [-0.2, -0.15) is 0 Å². The minimum atomic E-state index is -0.381. The van der Waals surface area contributed by atoms with E-state index in [9.17, 15) is 4.79 Å². The summed E-state index contributed by atoms with van der Waals surface area (Å²) in [5, 5.41) is 0.848. The zero-order chi connectivity index (χ0) is 13.8. The summed E-state index contributed by atoms with van der Waals surface area (Å²) in [6.07, 6.45) is 3.64. The van der Waals surface area contributed by atoms with Gasteiger partial charge in [-0.05, 0) is 24.6 Å². The molecule has 0 atom stereocenters. The molecule has 1 aromatic heterocycles. The number of fused-ring (bicyclic) bond motifs is 1. The summed E-state index contributed by atoms with van der Waals surface area (Å²) in [6.45, 7) is 12.7. The van der Waals surface area contributed by atoms with Crippen molar-refractivity contribution in [3.05, 3.63) is 72.5 Å². The van der Waals surface area contributed by atoms with Crippen molar-refractivity contribution in [2.24, 2.45) is 0 Å². The van der Waals surface area contributed by atoms with Crippen LogP contribution in [0.5, 0.6) is 0 Å². The van der Waals surface area contributed by atoms with Gasteiger partial charge in [-0.15, -0.1) is 13.2 Å². The molecule has 0 amide bonds. The first-order chi connectivity index (χ1) is 9.15. The molecule has 3 heteroatoms. The molecule has 1 radical (unpaired) electrons. The maximum absolute atomic E-state index is 11.4. The average Bonchev–Trinajstić information content (AvgIpc) is 2.37. The third-order valence-corrected chi connectivity index (χ3v) is 2.88. The molecule has 2 rings (SSSR count). The van der Waals surface area contributed by atoms with E-state index in [1.807, 2.05) is 30.4 Å². The lowest BCUT2D eigenvalue weighted by atomic mass is 10.1. The minimum Gasteiger partial charge on any atom is -0.423 e. The molecule has 0 aliphatic rings. The van der Waals surface area contributed by atoms with E-state index in [0.29, 0.717) is 24.2 Å². The molecule has 0 aliphatic carbocycles. The van der Waals surface area contributed by atoms with Crippen molar-refractivity contribution in [3.8, 4) is 0 Å². The highest BCUT2D eigenvalue weighted by Gasteiger charge is 2.07. The zero-order valence-electron chi connectivity index (χ0n) is 10.8. The van der Waals surface area contributed by atoms with Crippen LogP contribution in [0.25, 0.3) is 11.0 Å². The topological polar surface area (TPSA) is 33.5 Å². The highest BCUT2D eigenvalue weighted by atomic mass is 16.4. The molecular formula is C16H16NO2. The van der Waals surface area contributed by atoms with E-state index in [2.05, 4.69) is 25.0 Å². The molecule has 0 aliphatic heterocycles. The molecule has 0 spiro atoms. The largest absolute Gasteiger partial charge is 0.423 e.